The van der Waals surface area contributed by atoms with Crippen molar-refractivity contribution in [2.24, 2.45) is 0 Å². The first-order valence-electron chi connectivity index (χ1n) is 5.55. The molecule has 0 fully saturated rings. The second-order valence-corrected chi connectivity index (χ2v) is 4.05. The largest absolute Gasteiger partial charge is 0.392 e. The van der Waals surface area contributed by atoms with Crippen molar-refractivity contribution < 1.29 is 4.57 Å². The number of fused-ring (bicyclic) bond motifs is 1. The molecule has 2 aromatic rings. The van der Waals surface area contributed by atoms with E-state index in [0.717, 1.165) is 24.7 Å². The smallest absolute Gasteiger partial charge is 0.271 e. The van der Waals surface area contributed by atoms with Gasteiger partial charge in [0.2, 0.25) is 0 Å². The average Bonchev–Trinajstić information content (AvgIpc) is 2.77. The van der Waals surface area contributed by atoms with Crippen LogP contribution in [0.2, 0.25) is 0 Å². The molecule has 2 heterocycles. The minimum atomic E-state index is 0.969. The van der Waals surface area contributed by atoms with Crippen molar-refractivity contribution in [3.8, 4) is 11.3 Å². The van der Waals surface area contributed by atoms with Crippen molar-refractivity contribution in [2.45, 2.75) is 13.5 Å². The van der Waals surface area contributed by atoms with Gasteiger partial charge in [-0.15, -0.1) is 0 Å². The molecule has 0 amide bonds. The summed E-state index contributed by atoms with van der Waals surface area (Å²) in [4.78, 5) is 4.49. The van der Waals surface area contributed by atoms with Gasteiger partial charge in [0.25, 0.3) is 0 Å². The fraction of sp³-hybridized carbons (Fsp3) is 0.231. The van der Waals surface area contributed by atoms with E-state index in [1.54, 1.807) is 0 Å². The zero-order valence-corrected chi connectivity index (χ0v) is 9.27. The molecule has 1 aromatic heterocycles. The van der Waals surface area contributed by atoms with E-state index in [9.17, 15) is 0 Å². The summed E-state index contributed by atoms with van der Waals surface area (Å²) in [5, 5.41) is 3.30. The van der Waals surface area contributed by atoms with Crippen LogP contribution in [0.4, 0.5) is 5.95 Å². The summed E-state index contributed by atoms with van der Waals surface area (Å²) in [6.07, 6.45) is 0. The van der Waals surface area contributed by atoms with Crippen LogP contribution in [-0.2, 0) is 6.54 Å². The first-order chi connectivity index (χ1) is 7.84. The lowest BCUT2D eigenvalue weighted by atomic mass is 10.1. The summed E-state index contributed by atoms with van der Waals surface area (Å²) >= 11 is 0. The Morgan fingerprint density at radius 2 is 2.06 bits per heavy atom. The summed E-state index contributed by atoms with van der Waals surface area (Å²) in [6, 6.07) is 12.6. The monoisotopic (exact) mass is 212 g/mol. The van der Waals surface area contributed by atoms with E-state index in [1.807, 2.05) is 13.0 Å². The van der Waals surface area contributed by atoms with Gasteiger partial charge in [-0.2, -0.15) is 0 Å². The fourth-order valence-electron chi connectivity index (χ4n) is 2.14. The van der Waals surface area contributed by atoms with Crippen molar-refractivity contribution in [3.63, 3.8) is 0 Å². The highest BCUT2D eigenvalue weighted by atomic mass is 15.2. The standard InChI is InChI=1S/C13H13N3/c1-10-9-12(11-5-3-2-4-6-11)16-8-7-14-13(16)15-10/h2-6,9H,7-8H2,1H3/p+1. The van der Waals surface area contributed by atoms with Crippen LogP contribution >= 0.6 is 0 Å². The SMILES string of the molecule is Cc1cc(-c2ccccc2)[n+]2c(n1)NCC2. The van der Waals surface area contributed by atoms with Crippen molar-refractivity contribution >= 4 is 5.95 Å². The molecule has 0 aliphatic carbocycles. The quantitative estimate of drug-likeness (QED) is 0.730. The summed E-state index contributed by atoms with van der Waals surface area (Å²) in [6.45, 7) is 4.00. The summed E-state index contributed by atoms with van der Waals surface area (Å²) in [5.41, 5.74) is 3.55. The van der Waals surface area contributed by atoms with Gasteiger partial charge in [-0.1, -0.05) is 35.3 Å². The zero-order chi connectivity index (χ0) is 11.0. The minimum Gasteiger partial charge on any atom is -0.271 e. The minimum absolute atomic E-state index is 0.969. The normalized spacial score (nSPS) is 13.3. The van der Waals surface area contributed by atoms with Crippen molar-refractivity contribution in [3.05, 3.63) is 42.1 Å². The Morgan fingerprint density at radius 3 is 2.88 bits per heavy atom. The molecular formula is C13H14N3+. The Balaban J connectivity index is 2.21. The van der Waals surface area contributed by atoms with Gasteiger partial charge in [-0.3, -0.25) is 5.32 Å². The highest BCUT2D eigenvalue weighted by molar-refractivity contribution is 5.57. The third-order valence-corrected chi connectivity index (χ3v) is 2.86. The summed E-state index contributed by atoms with van der Waals surface area (Å²) in [5.74, 6) is 0.985. The number of hydrogen-bond donors (Lipinski definition) is 1. The fourth-order valence-corrected chi connectivity index (χ4v) is 2.14. The Bertz CT molecular complexity index is 520. The number of nitrogens with zero attached hydrogens (tertiary/aromatic N) is 2. The molecule has 0 atom stereocenters. The van der Waals surface area contributed by atoms with E-state index in [0.29, 0.717) is 0 Å². The third-order valence-electron chi connectivity index (χ3n) is 2.86. The maximum Gasteiger partial charge on any atom is 0.392 e. The summed E-state index contributed by atoms with van der Waals surface area (Å²) in [7, 11) is 0. The van der Waals surface area contributed by atoms with Crippen LogP contribution in [0.5, 0.6) is 0 Å². The van der Waals surface area contributed by atoms with Gasteiger partial charge in [0.05, 0.1) is 6.54 Å². The molecule has 16 heavy (non-hydrogen) atoms. The predicted molar refractivity (Wildman–Crippen MR) is 63.1 cm³/mol. The lowest BCUT2D eigenvalue weighted by molar-refractivity contribution is -0.662. The van der Waals surface area contributed by atoms with Crippen molar-refractivity contribution in [1.82, 2.24) is 4.98 Å². The van der Waals surface area contributed by atoms with Crippen molar-refractivity contribution in [2.75, 3.05) is 11.9 Å². The number of rotatable bonds is 1. The number of aromatic nitrogens is 2. The first-order valence-corrected chi connectivity index (χ1v) is 5.55. The van der Waals surface area contributed by atoms with Gasteiger partial charge < -0.3 is 0 Å². The molecule has 0 radical (unpaired) electrons. The highest BCUT2D eigenvalue weighted by Gasteiger charge is 2.23. The van der Waals surface area contributed by atoms with E-state index >= 15 is 0 Å². The molecule has 1 aliphatic heterocycles. The molecule has 1 aliphatic rings. The van der Waals surface area contributed by atoms with E-state index in [-0.39, 0.29) is 0 Å². The third kappa shape index (κ3) is 1.45. The van der Waals surface area contributed by atoms with Crippen LogP contribution in [0.15, 0.2) is 36.4 Å². The number of anilines is 1. The maximum atomic E-state index is 4.49. The van der Waals surface area contributed by atoms with Crippen LogP contribution in [0.3, 0.4) is 0 Å². The Hall–Kier alpha value is -1.90. The van der Waals surface area contributed by atoms with Crippen LogP contribution < -0.4 is 9.88 Å². The molecule has 0 unspecified atom stereocenters. The van der Waals surface area contributed by atoms with Crippen LogP contribution in [0.1, 0.15) is 5.69 Å². The second kappa shape index (κ2) is 3.59. The molecular weight excluding hydrogens is 198 g/mol. The molecule has 3 heteroatoms. The van der Waals surface area contributed by atoms with Gasteiger partial charge in [0.15, 0.2) is 0 Å². The molecule has 1 N–H and O–H groups in total. The lowest BCUT2D eigenvalue weighted by Crippen LogP contribution is -2.34. The number of nitrogens with one attached hydrogen (secondary N) is 1. The molecule has 0 saturated carbocycles. The second-order valence-electron chi connectivity index (χ2n) is 4.05. The topological polar surface area (TPSA) is 28.8 Å². The molecule has 80 valence electrons. The summed E-state index contributed by atoms with van der Waals surface area (Å²) < 4.78 is 2.24. The Kier molecular flexibility index (Phi) is 2.10. The Morgan fingerprint density at radius 1 is 1.25 bits per heavy atom. The van der Waals surface area contributed by atoms with Crippen LogP contribution in [-0.4, -0.2) is 11.5 Å². The zero-order valence-electron chi connectivity index (χ0n) is 9.27. The average molecular weight is 212 g/mol. The van der Waals surface area contributed by atoms with Gasteiger partial charge in [0, 0.05) is 11.6 Å². The Labute approximate surface area is 94.8 Å². The number of hydrogen-bond acceptors (Lipinski definition) is 2. The highest BCUT2D eigenvalue weighted by Crippen LogP contribution is 2.18. The van der Waals surface area contributed by atoms with Gasteiger partial charge in [-0.25, -0.2) is 4.57 Å². The number of aryl methyl sites for hydroxylation is 1. The lowest BCUT2D eigenvalue weighted by Gasteiger charge is -2.05. The van der Waals surface area contributed by atoms with Crippen molar-refractivity contribution in [1.29, 1.82) is 0 Å². The number of benzene rings is 1. The molecule has 0 spiro atoms. The maximum absolute atomic E-state index is 4.49. The van der Waals surface area contributed by atoms with Crippen LogP contribution in [0.25, 0.3) is 11.3 Å². The molecule has 0 bridgehead atoms. The van der Waals surface area contributed by atoms with Gasteiger partial charge in [-0.05, 0) is 6.92 Å². The molecule has 1 aromatic carbocycles. The van der Waals surface area contributed by atoms with E-state index in [4.69, 9.17) is 0 Å². The van der Waals surface area contributed by atoms with Crippen LogP contribution in [0, 0.1) is 6.92 Å². The van der Waals surface area contributed by atoms with E-state index < -0.39 is 0 Å². The van der Waals surface area contributed by atoms with Gasteiger partial charge in [0.1, 0.15) is 17.9 Å². The van der Waals surface area contributed by atoms with E-state index in [1.165, 1.54) is 11.3 Å². The first kappa shape index (κ1) is 9.33. The molecule has 0 saturated heterocycles. The molecule has 3 rings (SSSR count). The van der Waals surface area contributed by atoms with E-state index in [2.05, 4.69) is 45.2 Å². The predicted octanol–water partition coefficient (Wildman–Crippen LogP) is 1.77. The molecule has 3 nitrogen and oxygen atoms in total. The van der Waals surface area contributed by atoms with Gasteiger partial charge >= 0.3 is 5.95 Å².